The Morgan fingerprint density at radius 1 is 1.50 bits per heavy atom. The molecule has 0 spiro atoms. The molecule has 2 heterocycles. The van der Waals surface area contributed by atoms with Gasteiger partial charge in [-0.05, 0) is 36.3 Å². The van der Waals surface area contributed by atoms with Gasteiger partial charge in [0.05, 0.1) is 0 Å². The summed E-state index contributed by atoms with van der Waals surface area (Å²) in [5.41, 5.74) is 0.645. The molecule has 2 aromatic rings. The Kier molecular flexibility index (Phi) is 2.39. The van der Waals surface area contributed by atoms with Gasteiger partial charge < -0.3 is 5.32 Å². The van der Waals surface area contributed by atoms with Gasteiger partial charge in [0, 0.05) is 6.54 Å². The maximum Gasteiger partial charge on any atom is 0.364 e. The number of hydrogen-bond acceptors (Lipinski definition) is 4. The van der Waals surface area contributed by atoms with Crippen LogP contribution in [0.5, 0.6) is 0 Å². The van der Waals surface area contributed by atoms with E-state index in [0.29, 0.717) is 17.0 Å². The molecule has 18 heavy (non-hydrogen) atoms. The molecule has 6 nitrogen and oxygen atoms in total. The molecule has 0 bridgehead atoms. The molecule has 1 aliphatic rings. The molecule has 3 rings (SSSR count). The number of anilines is 1. The highest BCUT2D eigenvalue weighted by molar-refractivity contribution is 5.43. The average Bonchev–Trinajstić information content (AvgIpc) is 3.08. The third-order valence-electron chi connectivity index (χ3n) is 4.01. The number of nitrogens with zero attached hydrogens (tertiary/aromatic N) is 3. The van der Waals surface area contributed by atoms with Gasteiger partial charge >= 0.3 is 5.69 Å². The van der Waals surface area contributed by atoms with Crippen LogP contribution in [-0.2, 0) is 0 Å². The molecule has 0 amide bonds. The van der Waals surface area contributed by atoms with E-state index in [1.165, 1.54) is 17.4 Å². The highest BCUT2D eigenvalue weighted by Gasteiger charge is 2.44. The number of aromatic nitrogens is 4. The summed E-state index contributed by atoms with van der Waals surface area (Å²) in [6.07, 6.45) is 2.54. The van der Waals surface area contributed by atoms with E-state index in [1.54, 1.807) is 6.07 Å². The Morgan fingerprint density at radius 2 is 2.28 bits per heavy atom. The predicted molar refractivity (Wildman–Crippen MR) is 68.6 cm³/mol. The zero-order valence-electron chi connectivity index (χ0n) is 10.6. The van der Waals surface area contributed by atoms with Gasteiger partial charge in [0.2, 0.25) is 0 Å². The lowest BCUT2D eigenvalue weighted by atomic mass is 9.92. The Balaban J connectivity index is 1.79. The highest BCUT2D eigenvalue weighted by atomic mass is 16.2. The minimum atomic E-state index is -0.307. The van der Waals surface area contributed by atoms with E-state index in [9.17, 15) is 4.79 Å². The zero-order chi connectivity index (χ0) is 12.8. The molecule has 0 aromatic carbocycles. The average molecular weight is 247 g/mol. The van der Waals surface area contributed by atoms with Gasteiger partial charge in [-0.2, -0.15) is 9.61 Å². The first kappa shape index (κ1) is 11.3. The van der Waals surface area contributed by atoms with Crippen molar-refractivity contribution in [1.29, 1.82) is 0 Å². The van der Waals surface area contributed by atoms with Gasteiger partial charge in [-0.3, -0.25) is 0 Å². The van der Waals surface area contributed by atoms with Crippen molar-refractivity contribution in [2.45, 2.75) is 26.7 Å². The Labute approximate surface area is 104 Å². The molecule has 0 saturated heterocycles. The summed E-state index contributed by atoms with van der Waals surface area (Å²) >= 11 is 0. The first-order chi connectivity index (χ1) is 8.61. The van der Waals surface area contributed by atoms with Crippen molar-refractivity contribution in [3.63, 3.8) is 0 Å². The van der Waals surface area contributed by atoms with Crippen LogP contribution in [0, 0.1) is 11.3 Å². The molecule has 6 heteroatoms. The summed E-state index contributed by atoms with van der Waals surface area (Å²) in [5.74, 6) is 1.39. The normalized spacial score (nSPS) is 17.3. The third kappa shape index (κ3) is 1.77. The van der Waals surface area contributed by atoms with E-state index < -0.39 is 0 Å². The second kappa shape index (κ2) is 3.83. The number of nitrogens with one attached hydrogen (secondary N) is 2. The largest absolute Gasteiger partial charge is 0.368 e. The van der Waals surface area contributed by atoms with Crippen molar-refractivity contribution in [3.8, 4) is 0 Å². The maximum atomic E-state index is 11.4. The van der Waals surface area contributed by atoms with Crippen LogP contribution in [0.2, 0.25) is 0 Å². The quantitative estimate of drug-likeness (QED) is 0.853. The van der Waals surface area contributed by atoms with Crippen LogP contribution in [0.1, 0.15) is 26.7 Å². The first-order valence-electron chi connectivity index (χ1n) is 6.29. The van der Waals surface area contributed by atoms with Gasteiger partial charge in [-0.1, -0.05) is 13.8 Å². The van der Waals surface area contributed by atoms with Gasteiger partial charge in [-0.25, -0.2) is 9.89 Å². The van der Waals surface area contributed by atoms with E-state index in [4.69, 9.17) is 0 Å². The summed E-state index contributed by atoms with van der Waals surface area (Å²) in [5, 5.41) is 13.8. The van der Waals surface area contributed by atoms with Crippen LogP contribution in [0.15, 0.2) is 16.9 Å². The topological polar surface area (TPSA) is 75.1 Å². The van der Waals surface area contributed by atoms with Crippen LogP contribution < -0.4 is 11.0 Å². The van der Waals surface area contributed by atoms with Crippen LogP contribution in [0.4, 0.5) is 5.82 Å². The number of hydrogen-bond donors (Lipinski definition) is 2. The van der Waals surface area contributed by atoms with Crippen molar-refractivity contribution in [2.24, 2.45) is 11.3 Å². The van der Waals surface area contributed by atoms with Crippen LogP contribution in [-0.4, -0.2) is 26.4 Å². The lowest BCUT2D eigenvalue weighted by molar-refractivity contribution is 0.379. The summed E-state index contributed by atoms with van der Waals surface area (Å²) in [6, 6.07) is 3.63. The molecule has 1 fully saturated rings. The lowest BCUT2D eigenvalue weighted by Gasteiger charge is -2.20. The number of aromatic amines is 1. The molecular weight excluding hydrogens is 230 g/mol. The number of H-pyrrole nitrogens is 1. The summed E-state index contributed by atoms with van der Waals surface area (Å²) in [7, 11) is 0. The van der Waals surface area contributed by atoms with E-state index in [0.717, 1.165) is 12.4 Å². The fourth-order valence-electron chi connectivity index (χ4n) is 2.28. The molecule has 0 radical (unpaired) electrons. The fourth-order valence-corrected chi connectivity index (χ4v) is 2.28. The van der Waals surface area contributed by atoms with Gasteiger partial charge in [0.15, 0.2) is 5.65 Å². The molecular formula is C12H17N5O. The van der Waals surface area contributed by atoms with Crippen molar-refractivity contribution >= 4 is 11.5 Å². The maximum absolute atomic E-state index is 11.4. The predicted octanol–water partition coefficient (Wildman–Crippen LogP) is 1.27. The molecule has 0 atom stereocenters. The summed E-state index contributed by atoms with van der Waals surface area (Å²) < 4.78 is 1.28. The Hall–Kier alpha value is -1.85. The third-order valence-corrected chi connectivity index (χ3v) is 4.01. The second-order valence-corrected chi connectivity index (χ2v) is 5.39. The Bertz CT molecular complexity index is 623. The minimum Gasteiger partial charge on any atom is -0.368 e. The van der Waals surface area contributed by atoms with Crippen molar-refractivity contribution in [1.82, 2.24) is 19.8 Å². The van der Waals surface area contributed by atoms with E-state index in [2.05, 4.69) is 34.5 Å². The van der Waals surface area contributed by atoms with E-state index >= 15 is 0 Å². The number of fused-ring (bicyclic) bond motifs is 1. The Morgan fingerprint density at radius 3 is 2.94 bits per heavy atom. The highest BCUT2D eigenvalue weighted by Crippen LogP contribution is 2.51. The van der Waals surface area contributed by atoms with Gasteiger partial charge in [0.1, 0.15) is 5.82 Å². The monoisotopic (exact) mass is 247 g/mol. The summed E-state index contributed by atoms with van der Waals surface area (Å²) in [4.78, 5) is 11.4. The first-order valence-corrected chi connectivity index (χ1v) is 6.29. The van der Waals surface area contributed by atoms with Crippen molar-refractivity contribution < 1.29 is 0 Å². The molecule has 1 saturated carbocycles. The van der Waals surface area contributed by atoms with Crippen molar-refractivity contribution in [2.75, 3.05) is 11.9 Å². The van der Waals surface area contributed by atoms with Gasteiger partial charge in [-0.15, -0.1) is 5.10 Å². The zero-order valence-corrected chi connectivity index (χ0v) is 10.6. The van der Waals surface area contributed by atoms with Gasteiger partial charge in [0.25, 0.3) is 0 Å². The molecule has 0 aliphatic heterocycles. The second-order valence-electron chi connectivity index (χ2n) is 5.39. The van der Waals surface area contributed by atoms with E-state index in [-0.39, 0.29) is 5.69 Å². The van der Waals surface area contributed by atoms with Crippen LogP contribution in [0.25, 0.3) is 5.65 Å². The lowest BCUT2D eigenvalue weighted by Crippen LogP contribution is -2.22. The molecule has 0 unspecified atom stereocenters. The van der Waals surface area contributed by atoms with Crippen LogP contribution in [0.3, 0.4) is 0 Å². The summed E-state index contributed by atoms with van der Waals surface area (Å²) in [6.45, 7) is 5.42. The molecule has 1 aliphatic carbocycles. The van der Waals surface area contributed by atoms with Crippen molar-refractivity contribution in [3.05, 3.63) is 22.6 Å². The minimum absolute atomic E-state index is 0.307. The number of rotatable bonds is 4. The SMILES string of the molecule is CC(C)C1(CNc2ccc3n[nH]c(=O)n3n2)CC1. The van der Waals surface area contributed by atoms with E-state index in [1.807, 2.05) is 6.07 Å². The smallest absolute Gasteiger partial charge is 0.364 e. The molecule has 2 aromatic heterocycles. The standard InChI is InChI=1S/C12H17N5O/c1-8(2)12(5-6-12)7-13-9-3-4-10-14-15-11(18)17(10)16-9/h3-4,8H,5-7H2,1-2H3,(H,13,16)(H,15,18). The fraction of sp³-hybridized carbons (Fsp3) is 0.583. The molecule has 96 valence electrons. The molecule has 2 N–H and O–H groups in total. The van der Waals surface area contributed by atoms with Crippen LogP contribution >= 0.6 is 0 Å².